The van der Waals surface area contributed by atoms with Crippen LogP contribution in [0.4, 0.5) is 0 Å². The molecule has 20 heavy (non-hydrogen) atoms. The monoisotopic (exact) mass is 274 g/mol. The number of nitrogens with one attached hydrogen (secondary N) is 2. The van der Waals surface area contributed by atoms with Gasteiger partial charge >= 0.3 is 0 Å². The molecular formula is C17H26N2O. The third-order valence-electron chi connectivity index (χ3n) is 4.52. The van der Waals surface area contributed by atoms with Gasteiger partial charge in [0.15, 0.2) is 0 Å². The van der Waals surface area contributed by atoms with Gasteiger partial charge in [-0.2, -0.15) is 0 Å². The largest absolute Gasteiger partial charge is 0.349 e. The molecule has 1 aromatic rings. The molecule has 0 aromatic heterocycles. The van der Waals surface area contributed by atoms with Gasteiger partial charge in [0, 0.05) is 6.54 Å². The summed E-state index contributed by atoms with van der Waals surface area (Å²) in [6.45, 7) is 8.09. The number of hydrogen-bond donors (Lipinski definition) is 2. The van der Waals surface area contributed by atoms with Gasteiger partial charge in [-0.15, -0.1) is 0 Å². The van der Waals surface area contributed by atoms with Gasteiger partial charge in [-0.1, -0.05) is 36.8 Å². The van der Waals surface area contributed by atoms with Gasteiger partial charge in [0.25, 0.3) is 0 Å². The summed E-state index contributed by atoms with van der Waals surface area (Å²) in [5, 5.41) is 6.57. The minimum atomic E-state index is -0.226. The number of piperidine rings is 1. The highest BCUT2D eigenvalue weighted by molar-refractivity contribution is 5.83. The van der Waals surface area contributed by atoms with Crippen LogP contribution in [-0.4, -0.2) is 19.0 Å². The summed E-state index contributed by atoms with van der Waals surface area (Å²) < 4.78 is 0. The van der Waals surface area contributed by atoms with E-state index in [4.69, 9.17) is 0 Å². The van der Waals surface area contributed by atoms with Crippen LogP contribution in [-0.2, 0) is 4.79 Å². The second-order valence-corrected chi connectivity index (χ2v) is 6.02. The van der Waals surface area contributed by atoms with Gasteiger partial charge in [-0.25, -0.2) is 0 Å². The molecule has 0 bridgehead atoms. The zero-order chi connectivity index (χ0) is 14.6. The lowest BCUT2D eigenvalue weighted by Gasteiger charge is -2.36. The smallest absolute Gasteiger partial charge is 0.227 e. The van der Waals surface area contributed by atoms with Gasteiger partial charge in [0.2, 0.25) is 5.91 Å². The predicted octanol–water partition coefficient (Wildman–Crippen LogP) is 2.95. The molecule has 3 nitrogen and oxygen atoms in total. The number of rotatable bonds is 4. The van der Waals surface area contributed by atoms with Crippen LogP contribution in [0.1, 0.15) is 50.3 Å². The van der Waals surface area contributed by atoms with Crippen molar-refractivity contribution >= 4 is 5.91 Å². The average Bonchev–Trinajstić information content (AvgIpc) is 2.47. The SMILES string of the molecule is CCC1(C(=O)N[C@@H](C)c2cccc(C)c2)CCCNC1. The fourth-order valence-corrected chi connectivity index (χ4v) is 3.00. The standard InChI is InChI=1S/C17H26N2O/c1-4-17(9-6-10-18-12-17)16(20)19-14(3)15-8-5-7-13(2)11-15/h5,7-8,11,14,18H,4,6,9-10,12H2,1-3H3,(H,19,20)/t14-,17?/m0/s1. The molecule has 2 rings (SSSR count). The van der Waals surface area contributed by atoms with Crippen molar-refractivity contribution in [1.82, 2.24) is 10.6 Å². The van der Waals surface area contributed by atoms with Gasteiger partial charge < -0.3 is 10.6 Å². The van der Waals surface area contributed by atoms with Crippen molar-refractivity contribution in [3.05, 3.63) is 35.4 Å². The van der Waals surface area contributed by atoms with Gasteiger partial charge in [-0.05, 0) is 45.2 Å². The highest BCUT2D eigenvalue weighted by Gasteiger charge is 2.38. The number of hydrogen-bond acceptors (Lipinski definition) is 2. The molecular weight excluding hydrogens is 248 g/mol. The zero-order valence-electron chi connectivity index (χ0n) is 12.8. The Balaban J connectivity index is 2.06. The van der Waals surface area contributed by atoms with Crippen molar-refractivity contribution in [2.24, 2.45) is 5.41 Å². The van der Waals surface area contributed by atoms with Crippen molar-refractivity contribution < 1.29 is 4.79 Å². The Morgan fingerprint density at radius 2 is 2.30 bits per heavy atom. The van der Waals surface area contributed by atoms with Crippen LogP contribution in [0.2, 0.25) is 0 Å². The van der Waals surface area contributed by atoms with Crippen LogP contribution in [0.15, 0.2) is 24.3 Å². The van der Waals surface area contributed by atoms with Crippen molar-refractivity contribution in [3.8, 4) is 0 Å². The van der Waals surface area contributed by atoms with Gasteiger partial charge in [0.1, 0.15) is 0 Å². The maximum absolute atomic E-state index is 12.7. The van der Waals surface area contributed by atoms with E-state index in [1.807, 2.05) is 6.07 Å². The second-order valence-electron chi connectivity index (χ2n) is 6.02. The highest BCUT2D eigenvalue weighted by Crippen LogP contribution is 2.31. The normalized spacial score (nSPS) is 24.1. The lowest BCUT2D eigenvalue weighted by atomic mass is 9.77. The number of aryl methyl sites for hydroxylation is 1. The van der Waals surface area contributed by atoms with Crippen LogP contribution in [0.25, 0.3) is 0 Å². The van der Waals surface area contributed by atoms with Gasteiger partial charge in [-0.3, -0.25) is 4.79 Å². The van der Waals surface area contributed by atoms with Crippen LogP contribution >= 0.6 is 0 Å². The first-order valence-electron chi connectivity index (χ1n) is 7.66. The van der Waals surface area contributed by atoms with E-state index in [0.29, 0.717) is 0 Å². The molecule has 1 aliphatic rings. The van der Waals surface area contributed by atoms with Crippen molar-refractivity contribution in [2.75, 3.05) is 13.1 Å². The molecule has 1 amide bonds. The predicted molar refractivity (Wildman–Crippen MR) is 82.6 cm³/mol. The molecule has 1 saturated heterocycles. The molecule has 0 aliphatic carbocycles. The highest BCUT2D eigenvalue weighted by atomic mass is 16.2. The molecule has 1 heterocycles. The Morgan fingerprint density at radius 3 is 2.90 bits per heavy atom. The number of benzene rings is 1. The number of amides is 1. The fourth-order valence-electron chi connectivity index (χ4n) is 3.00. The number of carbonyl (C=O) groups excluding carboxylic acids is 1. The molecule has 0 spiro atoms. The molecule has 1 fully saturated rings. The second kappa shape index (κ2) is 6.40. The maximum atomic E-state index is 12.7. The lowest BCUT2D eigenvalue weighted by Crippen LogP contribution is -2.50. The van der Waals surface area contributed by atoms with E-state index in [0.717, 1.165) is 32.4 Å². The Kier molecular flexibility index (Phi) is 4.81. The van der Waals surface area contributed by atoms with Crippen molar-refractivity contribution in [2.45, 2.75) is 46.1 Å². The van der Waals surface area contributed by atoms with E-state index in [1.165, 1.54) is 11.1 Å². The molecule has 1 aromatic carbocycles. The van der Waals surface area contributed by atoms with Crippen LogP contribution in [0.3, 0.4) is 0 Å². The Morgan fingerprint density at radius 1 is 1.50 bits per heavy atom. The summed E-state index contributed by atoms with van der Waals surface area (Å²) >= 11 is 0. The molecule has 1 unspecified atom stereocenters. The van der Waals surface area contributed by atoms with Crippen LogP contribution in [0.5, 0.6) is 0 Å². The summed E-state index contributed by atoms with van der Waals surface area (Å²) in [4.78, 5) is 12.7. The first-order valence-corrected chi connectivity index (χ1v) is 7.66. The lowest BCUT2D eigenvalue weighted by molar-refractivity contribution is -0.133. The van der Waals surface area contributed by atoms with E-state index in [-0.39, 0.29) is 17.4 Å². The third kappa shape index (κ3) is 3.21. The van der Waals surface area contributed by atoms with E-state index < -0.39 is 0 Å². The van der Waals surface area contributed by atoms with E-state index >= 15 is 0 Å². The Bertz CT molecular complexity index is 464. The molecule has 1 aliphatic heterocycles. The summed E-state index contributed by atoms with van der Waals surface area (Å²) in [6.07, 6.45) is 2.97. The molecule has 0 radical (unpaired) electrons. The van der Waals surface area contributed by atoms with Crippen molar-refractivity contribution in [3.63, 3.8) is 0 Å². The van der Waals surface area contributed by atoms with Crippen molar-refractivity contribution in [1.29, 1.82) is 0 Å². The van der Waals surface area contributed by atoms with E-state index in [9.17, 15) is 4.79 Å². The zero-order valence-corrected chi connectivity index (χ0v) is 12.8. The summed E-state index contributed by atoms with van der Waals surface area (Å²) in [6, 6.07) is 8.41. The Hall–Kier alpha value is -1.35. The third-order valence-corrected chi connectivity index (χ3v) is 4.52. The minimum absolute atomic E-state index is 0.0627. The minimum Gasteiger partial charge on any atom is -0.349 e. The maximum Gasteiger partial charge on any atom is 0.227 e. The number of carbonyl (C=O) groups is 1. The Labute approximate surface area is 122 Å². The molecule has 0 saturated carbocycles. The average molecular weight is 274 g/mol. The van der Waals surface area contributed by atoms with E-state index in [1.54, 1.807) is 0 Å². The van der Waals surface area contributed by atoms with E-state index in [2.05, 4.69) is 49.6 Å². The summed E-state index contributed by atoms with van der Waals surface area (Å²) in [5.74, 6) is 0.196. The molecule has 110 valence electrons. The molecule has 3 heteroatoms. The molecule has 2 atom stereocenters. The van der Waals surface area contributed by atoms with Crippen LogP contribution in [0, 0.1) is 12.3 Å². The van der Waals surface area contributed by atoms with Crippen LogP contribution < -0.4 is 10.6 Å². The first-order chi connectivity index (χ1) is 9.57. The molecule has 2 N–H and O–H groups in total. The summed E-state index contributed by atoms with van der Waals surface area (Å²) in [7, 11) is 0. The fraction of sp³-hybridized carbons (Fsp3) is 0.588. The summed E-state index contributed by atoms with van der Waals surface area (Å²) in [5.41, 5.74) is 2.18. The topological polar surface area (TPSA) is 41.1 Å². The van der Waals surface area contributed by atoms with Gasteiger partial charge in [0.05, 0.1) is 11.5 Å². The first kappa shape index (κ1) is 15.0. The quantitative estimate of drug-likeness (QED) is 0.886.